The van der Waals surface area contributed by atoms with E-state index in [0.29, 0.717) is 6.04 Å². The number of imidazole rings is 1. The van der Waals surface area contributed by atoms with Gasteiger partial charge in [0.1, 0.15) is 0 Å². The summed E-state index contributed by atoms with van der Waals surface area (Å²) in [6.45, 7) is 6.63. The number of hydrogen-bond donors (Lipinski definition) is 1. The topological polar surface area (TPSA) is 33.1 Å². The second-order valence-corrected chi connectivity index (χ2v) is 5.16. The molecule has 1 saturated heterocycles. The molecule has 1 fully saturated rings. The zero-order valence-corrected chi connectivity index (χ0v) is 11.3. The number of nitrogens with one attached hydrogen (secondary N) is 1. The van der Waals surface area contributed by atoms with Crippen LogP contribution < -0.4 is 5.32 Å². The minimum absolute atomic E-state index is 0.613. The summed E-state index contributed by atoms with van der Waals surface area (Å²) in [4.78, 5) is 6.60. The van der Waals surface area contributed by atoms with Crippen molar-refractivity contribution in [3.63, 3.8) is 0 Å². The lowest BCUT2D eigenvalue weighted by atomic mass is 10.1. The van der Waals surface area contributed by atoms with Gasteiger partial charge in [0.2, 0.25) is 0 Å². The van der Waals surface area contributed by atoms with Crippen molar-refractivity contribution in [1.82, 2.24) is 19.8 Å². The largest absolute Gasteiger partial charge is 0.314 e. The summed E-state index contributed by atoms with van der Waals surface area (Å²) in [5, 5.41) is 3.43. The molecule has 0 spiro atoms. The number of hydrogen-bond acceptors (Lipinski definition) is 3. The van der Waals surface area contributed by atoms with Crippen molar-refractivity contribution in [3.05, 3.63) is 48.5 Å². The quantitative estimate of drug-likeness (QED) is 0.907. The Morgan fingerprint density at radius 1 is 1.32 bits per heavy atom. The Bertz CT molecular complexity index is 503. The van der Waals surface area contributed by atoms with Gasteiger partial charge < -0.3 is 9.88 Å². The minimum Gasteiger partial charge on any atom is -0.314 e. The fraction of sp³-hybridized carbons (Fsp3) is 0.400. The van der Waals surface area contributed by atoms with Gasteiger partial charge in [0.25, 0.3) is 0 Å². The standard InChI is InChI=1S/C15H20N4/c1-13-10-16-6-8-18(13)11-14-2-4-15(5-3-14)19-9-7-17-12-19/h2-5,7,9,12-13,16H,6,8,10-11H2,1H3/t13-/m0/s1. The summed E-state index contributed by atoms with van der Waals surface area (Å²) in [5.74, 6) is 0. The van der Waals surface area contributed by atoms with Crippen molar-refractivity contribution in [1.29, 1.82) is 0 Å². The van der Waals surface area contributed by atoms with Gasteiger partial charge in [-0.15, -0.1) is 0 Å². The van der Waals surface area contributed by atoms with Crippen molar-refractivity contribution in [2.45, 2.75) is 19.5 Å². The molecule has 1 aliphatic heterocycles. The molecule has 1 aliphatic rings. The Labute approximate surface area is 114 Å². The van der Waals surface area contributed by atoms with E-state index >= 15 is 0 Å². The smallest absolute Gasteiger partial charge is 0.0991 e. The van der Waals surface area contributed by atoms with Crippen LogP contribution in [-0.4, -0.2) is 40.1 Å². The Morgan fingerprint density at radius 2 is 2.16 bits per heavy atom. The Kier molecular flexibility index (Phi) is 3.62. The first kappa shape index (κ1) is 12.4. The van der Waals surface area contributed by atoms with E-state index in [1.54, 1.807) is 6.20 Å². The first-order valence-corrected chi connectivity index (χ1v) is 6.85. The number of benzene rings is 1. The molecule has 0 saturated carbocycles. The predicted molar refractivity (Wildman–Crippen MR) is 76.3 cm³/mol. The minimum atomic E-state index is 0.613. The molecule has 1 N–H and O–H groups in total. The molecule has 1 atom stereocenters. The van der Waals surface area contributed by atoms with Gasteiger partial charge in [-0.25, -0.2) is 4.98 Å². The van der Waals surface area contributed by atoms with Crippen LogP contribution in [0.4, 0.5) is 0 Å². The fourth-order valence-electron chi connectivity index (χ4n) is 2.54. The molecule has 3 rings (SSSR count). The highest BCUT2D eigenvalue weighted by Crippen LogP contribution is 2.13. The first-order chi connectivity index (χ1) is 9.33. The Morgan fingerprint density at radius 3 is 2.84 bits per heavy atom. The van der Waals surface area contributed by atoms with Crippen LogP contribution in [0, 0.1) is 0 Å². The molecular weight excluding hydrogens is 236 g/mol. The highest BCUT2D eigenvalue weighted by molar-refractivity contribution is 5.34. The van der Waals surface area contributed by atoms with E-state index in [1.165, 1.54) is 5.56 Å². The molecule has 100 valence electrons. The Hall–Kier alpha value is -1.65. The highest BCUT2D eigenvalue weighted by atomic mass is 15.2. The van der Waals surface area contributed by atoms with Crippen molar-refractivity contribution in [3.8, 4) is 5.69 Å². The zero-order chi connectivity index (χ0) is 13.1. The van der Waals surface area contributed by atoms with Gasteiger partial charge in [-0.3, -0.25) is 4.90 Å². The average Bonchev–Trinajstić information content (AvgIpc) is 2.96. The van der Waals surface area contributed by atoms with Crippen LogP contribution in [0.1, 0.15) is 12.5 Å². The molecular formula is C15H20N4. The van der Waals surface area contributed by atoms with Gasteiger partial charge in [0, 0.05) is 50.3 Å². The molecule has 0 bridgehead atoms. The van der Waals surface area contributed by atoms with Gasteiger partial charge in [0.05, 0.1) is 6.33 Å². The van der Waals surface area contributed by atoms with Crippen molar-refractivity contribution < 1.29 is 0 Å². The first-order valence-electron chi connectivity index (χ1n) is 6.85. The fourth-order valence-corrected chi connectivity index (χ4v) is 2.54. The van der Waals surface area contributed by atoms with Gasteiger partial charge in [-0.05, 0) is 24.6 Å². The average molecular weight is 256 g/mol. The van der Waals surface area contributed by atoms with Crippen LogP contribution in [0.2, 0.25) is 0 Å². The summed E-state index contributed by atoms with van der Waals surface area (Å²) < 4.78 is 2.03. The van der Waals surface area contributed by atoms with Crippen LogP contribution in [0.25, 0.3) is 5.69 Å². The Balaban J connectivity index is 1.69. The third-order valence-corrected chi connectivity index (χ3v) is 3.76. The van der Waals surface area contributed by atoms with Crippen LogP contribution in [-0.2, 0) is 6.54 Å². The molecule has 0 aliphatic carbocycles. The maximum atomic E-state index is 4.07. The van der Waals surface area contributed by atoms with Crippen molar-refractivity contribution in [2.75, 3.05) is 19.6 Å². The van der Waals surface area contributed by atoms with Gasteiger partial charge >= 0.3 is 0 Å². The van der Waals surface area contributed by atoms with E-state index in [0.717, 1.165) is 31.9 Å². The molecule has 0 unspecified atom stereocenters. The van der Waals surface area contributed by atoms with E-state index < -0.39 is 0 Å². The molecule has 4 heteroatoms. The van der Waals surface area contributed by atoms with E-state index in [-0.39, 0.29) is 0 Å². The molecule has 1 aromatic heterocycles. The number of nitrogens with zero attached hydrogens (tertiary/aromatic N) is 3. The lowest BCUT2D eigenvalue weighted by molar-refractivity contribution is 0.165. The molecule has 2 aromatic rings. The number of rotatable bonds is 3. The maximum absolute atomic E-state index is 4.07. The van der Waals surface area contributed by atoms with Crippen LogP contribution >= 0.6 is 0 Å². The van der Waals surface area contributed by atoms with Gasteiger partial charge in [-0.1, -0.05) is 12.1 Å². The highest BCUT2D eigenvalue weighted by Gasteiger charge is 2.17. The van der Waals surface area contributed by atoms with Crippen LogP contribution in [0.3, 0.4) is 0 Å². The number of aromatic nitrogens is 2. The van der Waals surface area contributed by atoms with Gasteiger partial charge in [-0.2, -0.15) is 0 Å². The summed E-state index contributed by atoms with van der Waals surface area (Å²) in [5.41, 5.74) is 2.53. The van der Waals surface area contributed by atoms with Crippen molar-refractivity contribution >= 4 is 0 Å². The third-order valence-electron chi connectivity index (χ3n) is 3.76. The second kappa shape index (κ2) is 5.55. The molecule has 0 amide bonds. The van der Waals surface area contributed by atoms with E-state index in [2.05, 4.69) is 46.4 Å². The monoisotopic (exact) mass is 256 g/mol. The lowest BCUT2D eigenvalue weighted by Gasteiger charge is -2.33. The molecule has 0 radical (unpaired) electrons. The molecule has 1 aromatic carbocycles. The predicted octanol–water partition coefficient (Wildman–Crippen LogP) is 1.67. The summed E-state index contributed by atoms with van der Waals surface area (Å²) in [6, 6.07) is 9.35. The van der Waals surface area contributed by atoms with Crippen molar-refractivity contribution in [2.24, 2.45) is 0 Å². The van der Waals surface area contributed by atoms with Crippen LogP contribution in [0.15, 0.2) is 43.0 Å². The third kappa shape index (κ3) is 2.85. The zero-order valence-electron chi connectivity index (χ0n) is 11.3. The van der Waals surface area contributed by atoms with E-state index in [1.807, 2.05) is 17.1 Å². The van der Waals surface area contributed by atoms with E-state index in [9.17, 15) is 0 Å². The maximum Gasteiger partial charge on any atom is 0.0991 e. The molecule has 19 heavy (non-hydrogen) atoms. The number of piperazine rings is 1. The second-order valence-electron chi connectivity index (χ2n) is 5.16. The lowest BCUT2D eigenvalue weighted by Crippen LogP contribution is -2.49. The van der Waals surface area contributed by atoms with E-state index in [4.69, 9.17) is 0 Å². The molecule has 2 heterocycles. The van der Waals surface area contributed by atoms with Crippen LogP contribution in [0.5, 0.6) is 0 Å². The SMILES string of the molecule is C[C@H]1CNCCN1Cc1ccc(-n2ccnc2)cc1. The molecule has 4 nitrogen and oxygen atoms in total. The summed E-state index contributed by atoms with van der Waals surface area (Å²) in [7, 11) is 0. The summed E-state index contributed by atoms with van der Waals surface area (Å²) >= 11 is 0. The van der Waals surface area contributed by atoms with Gasteiger partial charge in [0.15, 0.2) is 0 Å². The normalized spacial score (nSPS) is 20.6. The summed E-state index contributed by atoms with van der Waals surface area (Å²) in [6.07, 6.45) is 5.59.